The Morgan fingerprint density at radius 3 is 2.67 bits per heavy atom. The molecule has 3 atom stereocenters. The van der Waals surface area contributed by atoms with E-state index in [1.165, 1.54) is 19.1 Å². The smallest absolute Gasteiger partial charge is 0.419 e. The summed E-state index contributed by atoms with van der Waals surface area (Å²) < 4.78 is 47.7. The van der Waals surface area contributed by atoms with Crippen LogP contribution in [0.4, 0.5) is 29.5 Å². The number of hydrogen-bond donors (Lipinski definition) is 3. The highest BCUT2D eigenvalue weighted by atomic mass is 35.5. The Bertz CT molecular complexity index is 1330. The molecule has 3 N–H and O–H groups in total. The van der Waals surface area contributed by atoms with Crippen LogP contribution in [0.3, 0.4) is 0 Å². The Kier molecular flexibility index (Phi) is 7.49. The van der Waals surface area contributed by atoms with Gasteiger partial charge < -0.3 is 20.3 Å². The van der Waals surface area contributed by atoms with E-state index in [-0.39, 0.29) is 47.6 Å². The number of carbonyl (C=O) groups is 3. The monoisotopic (exact) mass is 581 g/mol. The quantitative estimate of drug-likeness (QED) is 0.378. The summed E-state index contributed by atoms with van der Waals surface area (Å²) in [7, 11) is 0. The summed E-state index contributed by atoms with van der Waals surface area (Å²) in [6.45, 7) is 3.61. The lowest BCUT2D eigenvalue weighted by atomic mass is 9.96. The summed E-state index contributed by atoms with van der Waals surface area (Å²) >= 11 is 6.25. The average Bonchev–Trinajstić information content (AvgIpc) is 3.28. The van der Waals surface area contributed by atoms with Crippen molar-refractivity contribution in [2.75, 3.05) is 16.8 Å². The minimum absolute atomic E-state index is 0.00763. The van der Waals surface area contributed by atoms with Gasteiger partial charge in [0.15, 0.2) is 5.82 Å². The fourth-order valence-electron chi connectivity index (χ4n) is 5.37. The van der Waals surface area contributed by atoms with Gasteiger partial charge in [-0.05, 0) is 64.0 Å². The lowest BCUT2D eigenvalue weighted by molar-refractivity contribution is -0.137. The third kappa shape index (κ3) is 5.91. The summed E-state index contributed by atoms with van der Waals surface area (Å²) in [6, 6.07) is 4.23. The number of ether oxygens (including phenoxy) is 1. The summed E-state index contributed by atoms with van der Waals surface area (Å²) in [5.41, 5.74) is -0.823. The first kappa shape index (κ1) is 28.3. The molecule has 0 spiro atoms. The van der Waals surface area contributed by atoms with E-state index in [1.54, 1.807) is 6.07 Å². The van der Waals surface area contributed by atoms with Crippen molar-refractivity contribution >= 4 is 41.0 Å². The highest BCUT2D eigenvalue weighted by molar-refractivity contribution is 6.33. The van der Waals surface area contributed by atoms with Gasteiger partial charge in [0.05, 0.1) is 22.2 Å². The number of aromatic nitrogens is 2. The van der Waals surface area contributed by atoms with E-state index in [0.717, 1.165) is 29.9 Å². The van der Waals surface area contributed by atoms with Crippen molar-refractivity contribution < 1.29 is 32.3 Å². The molecular weight excluding hydrogens is 551 g/mol. The Morgan fingerprint density at radius 2 is 2.02 bits per heavy atom. The van der Waals surface area contributed by atoms with E-state index in [2.05, 4.69) is 20.8 Å². The number of amides is 3. The van der Waals surface area contributed by atoms with Gasteiger partial charge in [0.2, 0.25) is 11.8 Å². The molecule has 40 heavy (non-hydrogen) atoms. The summed E-state index contributed by atoms with van der Waals surface area (Å²) in [5, 5.41) is 12.0. The normalized spacial score (nSPS) is 22.8. The van der Waals surface area contributed by atoms with Crippen LogP contribution < -0.4 is 15.5 Å². The van der Waals surface area contributed by atoms with Gasteiger partial charge in [0.1, 0.15) is 6.10 Å². The number of aromatic amines is 1. The van der Waals surface area contributed by atoms with E-state index < -0.39 is 40.6 Å². The van der Waals surface area contributed by atoms with Crippen LogP contribution in [-0.4, -0.2) is 46.3 Å². The molecule has 1 aromatic heterocycles. The molecule has 2 aliphatic carbocycles. The first-order valence-corrected chi connectivity index (χ1v) is 13.8. The Labute approximate surface area is 234 Å². The van der Waals surface area contributed by atoms with Crippen LogP contribution in [0.1, 0.15) is 87.4 Å². The van der Waals surface area contributed by atoms with Crippen LogP contribution >= 0.6 is 11.6 Å². The second-order valence-corrected chi connectivity index (χ2v) is 11.5. The number of H-pyrrole nitrogens is 1. The maximum atomic E-state index is 14.0. The summed E-state index contributed by atoms with van der Waals surface area (Å²) in [4.78, 5) is 38.3. The Morgan fingerprint density at radius 1 is 1.27 bits per heavy atom. The van der Waals surface area contributed by atoms with Gasteiger partial charge >= 0.3 is 12.3 Å². The molecule has 2 aromatic rings. The number of hydrogen-bond acceptors (Lipinski definition) is 5. The molecule has 9 nitrogen and oxygen atoms in total. The molecule has 2 saturated carbocycles. The molecule has 1 unspecified atom stereocenters. The zero-order valence-corrected chi connectivity index (χ0v) is 22.9. The molecule has 5 rings (SSSR count). The van der Waals surface area contributed by atoms with Crippen molar-refractivity contribution in [3.8, 4) is 0 Å². The first-order valence-electron chi connectivity index (χ1n) is 13.4. The van der Waals surface area contributed by atoms with Crippen molar-refractivity contribution in [2.45, 2.75) is 88.4 Å². The number of nitrogens with one attached hydrogen (secondary N) is 3. The maximum Gasteiger partial charge on any atom is 0.419 e. The number of nitrogens with zero attached hydrogens (tertiary/aromatic N) is 2. The fraction of sp³-hybridized carbons (Fsp3) is 0.556. The molecule has 0 bridgehead atoms. The van der Waals surface area contributed by atoms with E-state index >= 15 is 0 Å². The zero-order chi connectivity index (χ0) is 28.8. The Hall–Kier alpha value is -3.28. The minimum Gasteiger partial charge on any atom is -0.446 e. The van der Waals surface area contributed by atoms with Crippen LogP contribution in [0, 0.1) is 0 Å². The second-order valence-electron chi connectivity index (χ2n) is 11.2. The van der Waals surface area contributed by atoms with Crippen molar-refractivity contribution in [3.63, 3.8) is 0 Å². The molecule has 1 aliphatic heterocycles. The standard InChI is InChI=1S/C27H31ClF3N5O4/c1-14(17-7-8-19(36-11-3-4-21(36)37)22(23(17)28)27(29,30)31)24(38)32-20-13-18(34-35-20)15-5-6-16(12-15)40-25(39)33-26(2)9-10-26/h7-8,13-16H,3-6,9-12H2,1-2H3,(H,33,39)(H2,32,34,35,38)/t14?,15-,16+/m0/s1. The highest BCUT2D eigenvalue weighted by Gasteiger charge is 2.42. The largest absolute Gasteiger partial charge is 0.446 e. The van der Waals surface area contributed by atoms with Crippen molar-refractivity contribution in [2.24, 2.45) is 0 Å². The van der Waals surface area contributed by atoms with E-state index in [9.17, 15) is 27.6 Å². The third-order valence-corrected chi connectivity index (χ3v) is 8.42. The first-order chi connectivity index (χ1) is 18.8. The summed E-state index contributed by atoms with van der Waals surface area (Å²) in [6.07, 6.45) is -0.866. The molecule has 3 fully saturated rings. The predicted octanol–water partition coefficient (Wildman–Crippen LogP) is 5.87. The molecule has 1 saturated heterocycles. The van der Waals surface area contributed by atoms with Crippen LogP contribution in [0.15, 0.2) is 18.2 Å². The van der Waals surface area contributed by atoms with Crippen molar-refractivity contribution in [1.29, 1.82) is 0 Å². The van der Waals surface area contributed by atoms with Crippen LogP contribution in [0.2, 0.25) is 5.02 Å². The van der Waals surface area contributed by atoms with E-state index in [1.807, 2.05) is 6.92 Å². The summed E-state index contributed by atoms with van der Waals surface area (Å²) in [5.74, 6) is -1.74. The third-order valence-electron chi connectivity index (χ3n) is 8.01. The topological polar surface area (TPSA) is 116 Å². The van der Waals surface area contributed by atoms with Gasteiger partial charge in [-0.3, -0.25) is 14.7 Å². The molecule has 13 heteroatoms. The van der Waals surface area contributed by atoms with Crippen LogP contribution in [-0.2, 0) is 20.5 Å². The van der Waals surface area contributed by atoms with Crippen molar-refractivity contribution in [1.82, 2.24) is 15.5 Å². The number of benzene rings is 1. The molecule has 3 aliphatic rings. The predicted molar refractivity (Wildman–Crippen MR) is 141 cm³/mol. The average molecular weight is 582 g/mol. The Balaban J connectivity index is 1.24. The number of rotatable bonds is 7. The minimum atomic E-state index is -4.82. The van der Waals surface area contributed by atoms with Crippen LogP contribution in [0.25, 0.3) is 0 Å². The number of carbonyl (C=O) groups excluding carboxylic acids is 3. The van der Waals surface area contributed by atoms with Gasteiger partial charge in [-0.25, -0.2) is 4.79 Å². The lowest BCUT2D eigenvalue weighted by Gasteiger charge is -2.24. The number of anilines is 2. The lowest BCUT2D eigenvalue weighted by Crippen LogP contribution is -2.36. The van der Waals surface area contributed by atoms with Gasteiger partial charge in [-0.1, -0.05) is 17.7 Å². The number of alkyl halides is 3. The van der Waals surface area contributed by atoms with E-state index in [4.69, 9.17) is 16.3 Å². The van der Waals surface area contributed by atoms with Gasteiger partial charge in [0, 0.05) is 36.2 Å². The fourth-order valence-corrected chi connectivity index (χ4v) is 5.80. The number of alkyl carbamates (subject to hydrolysis) is 1. The molecular formula is C27H31ClF3N5O4. The molecule has 3 amide bonds. The van der Waals surface area contributed by atoms with Crippen molar-refractivity contribution in [3.05, 3.63) is 40.0 Å². The molecule has 1 aromatic carbocycles. The van der Waals surface area contributed by atoms with Crippen LogP contribution in [0.5, 0.6) is 0 Å². The second kappa shape index (κ2) is 10.6. The van der Waals surface area contributed by atoms with Gasteiger partial charge in [0.25, 0.3) is 0 Å². The van der Waals surface area contributed by atoms with E-state index in [0.29, 0.717) is 19.3 Å². The SMILES string of the molecule is CC(C(=O)Nc1cc([C@H]2CC[C@@H](OC(=O)NC3(C)CC3)C2)[nH]n1)c1ccc(N2CCCC2=O)c(C(F)(F)F)c1Cl. The van der Waals surface area contributed by atoms with Gasteiger partial charge in [-0.2, -0.15) is 18.3 Å². The van der Waals surface area contributed by atoms with Gasteiger partial charge in [-0.15, -0.1) is 0 Å². The highest BCUT2D eigenvalue weighted by Crippen LogP contribution is 2.45. The zero-order valence-electron chi connectivity index (χ0n) is 22.2. The molecule has 2 heterocycles. The molecule has 216 valence electrons. The molecule has 0 radical (unpaired) electrons. The number of halogens is 4. The maximum absolute atomic E-state index is 14.0.